The van der Waals surface area contributed by atoms with Crippen molar-refractivity contribution in [2.45, 2.75) is 19.6 Å². The minimum atomic E-state index is -0.580. The molecule has 3 aromatic rings. The second-order valence-electron chi connectivity index (χ2n) is 6.89. The topological polar surface area (TPSA) is 89.8 Å². The zero-order chi connectivity index (χ0) is 22.1. The lowest BCUT2D eigenvalue weighted by Gasteiger charge is -2.22. The van der Waals surface area contributed by atoms with Gasteiger partial charge in [-0.25, -0.2) is 4.79 Å². The number of Topliss-reactive ketones (excluding diaryl/α,β-unsaturated/α-hetero) is 1. The summed E-state index contributed by atoms with van der Waals surface area (Å²) in [6.45, 7) is 0.453. The third-order valence-electron chi connectivity index (χ3n) is 4.69. The average Bonchev–Trinajstić information content (AvgIpc) is 2.81. The number of hydrogen-bond donors (Lipinski definition) is 0. The second-order valence-corrected chi connectivity index (χ2v) is 6.89. The highest BCUT2D eigenvalue weighted by molar-refractivity contribution is 6.00. The van der Waals surface area contributed by atoms with Crippen LogP contribution in [0.2, 0.25) is 0 Å². The monoisotopic (exact) mass is 418 g/mol. The van der Waals surface area contributed by atoms with Crippen molar-refractivity contribution in [3.63, 3.8) is 0 Å². The normalized spacial score (nSPS) is 10.3. The maximum Gasteiger partial charge on any atom is 0.410 e. The number of rotatable bonds is 9. The summed E-state index contributed by atoms with van der Waals surface area (Å²) in [5.74, 6) is -0.402. The Bertz CT molecular complexity index is 1040. The van der Waals surface area contributed by atoms with Crippen LogP contribution in [0.4, 0.5) is 10.5 Å². The van der Waals surface area contributed by atoms with Gasteiger partial charge in [0.05, 0.1) is 10.5 Å². The summed E-state index contributed by atoms with van der Waals surface area (Å²) in [7, 11) is 0. The number of ketones is 1. The van der Waals surface area contributed by atoms with Crippen LogP contribution in [-0.4, -0.2) is 28.2 Å². The Morgan fingerprint density at radius 3 is 2.06 bits per heavy atom. The van der Waals surface area contributed by atoms with E-state index < -0.39 is 16.8 Å². The van der Waals surface area contributed by atoms with Crippen molar-refractivity contribution in [1.82, 2.24) is 4.90 Å². The van der Waals surface area contributed by atoms with Gasteiger partial charge in [-0.15, -0.1) is 0 Å². The summed E-state index contributed by atoms with van der Waals surface area (Å²) in [5, 5.41) is 11.2. The van der Waals surface area contributed by atoms with Gasteiger partial charge in [0.15, 0.2) is 5.78 Å². The molecular formula is C24H22N2O5. The number of hydrogen-bond acceptors (Lipinski definition) is 5. The summed E-state index contributed by atoms with van der Waals surface area (Å²) in [6, 6.07) is 24.5. The van der Waals surface area contributed by atoms with Crippen LogP contribution >= 0.6 is 0 Å². The number of nitrogens with zero attached hydrogens (tertiary/aromatic N) is 2. The van der Waals surface area contributed by atoms with Crippen molar-refractivity contribution in [3.05, 3.63) is 112 Å². The van der Waals surface area contributed by atoms with E-state index in [0.29, 0.717) is 0 Å². The molecule has 0 atom stereocenters. The standard InChI is InChI=1S/C24H22N2O5/c27-23(21-13-7-8-14-22(21)26(29)30)15-16-25(17-19-9-3-1-4-10-19)24(28)31-18-20-11-5-2-6-12-20/h1-14H,15-18H2. The molecule has 3 rings (SSSR count). The van der Waals surface area contributed by atoms with Gasteiger partial charge >= 0.3 is 6.09 Å². The molecule has 1 amide bonds. The molecule has 0 fully saturated rings. The van der Waals surface area contributed by atoms with Gasteiger partial charge in [0.2, 0.25) is 0 Å². The van der Waals surface area contributed by atoms with Gasteiger partial charge in [-0.3, -0.25) is 14.9 Å². The van der Waals surface area contributed by atoms with Crippen LogP contribution in [0.25, 0.3) is 0 Å². The molecule has 0 spiro atoms. The van der Waals surface area contributed by atoms with E-state index >= 15 is 0 Å². The van der Waals surface area contributed by atoms with Crippen LogP contribution in [0, 0.1) is 10.1 Å². The zero-order valence-electron chi connectivity index (χ0n) is 16.8. The van der Waals surface area contributed by atoms with E-state index in [-0.39, 0.29) is 37.4 Å². The van der Waals surface area contributed by atoms with E-state index in [1.807, 2.05) is 60.7 Å². The minimum Gasteiger partial charge on any atom is -0.445 e. The lowest BCUT2D eigenvalue weighted by molar-refractivity contribution is -0.385. The van der Waals surface area contributed by atoms with Crippen LogP contribution in [0.1, 0.15) is 27.9 Å². The van der Waals surface area contributed by atoms with Crippen LogP contribution in [-0.2, 0) is 17.9 Å². The highest BCUT2D eigenvalue weighted by atomic mass is 16.6. The summed E-state index contributed by atoms with van der Waals surface area (Å²) < 4.78 is 5.43. The fourth-order valence-corrected chi connectivity index (χ4v) is 3.09. The third kappa shape index (κ3) is 6.24. The molecule has 158 valence electrons. The Hall–Kier alpha value is -4.00. The maximum atomic E-state index is 12.7. The smallest absolute Gasteiger partial charge is 0.410 e. The number of amides is 1. The lowest BCUT2D eigenvalue weighted by atomic mass is 10.1. The van der Waals surface area contributed by atoms with Gasteiger partial charge in [0.1, 0.15) is 6.61 Å². The van der Waals surface area contributed by atoms with Crippen molar-refractivity contribution < 1.29 is 19.2 Å². The van der Waals surface area contributed by atoms with Crippen LogP contribution < -0.4 is 0 Å². The zero-order valence-corrected chi connectivity index (χ0v) is 16.8. The molecule has 0 aliphatic carbocycles. The molecule has 0 bridgehead atoms. The van der Waals surface area contributed by atoms with Crippen LogP contribution in [0.3, 0.4) is 0 Å². The second kappa shape index (κ2) is 10.7. The molecule has 0 aromatic heterocycles. The molecule has 0 unspecified atom stereocenters. The number of nitro groups is 1. The highest BCUT2D eigenvalue weighted by Crippen LogP contribution is 2.20. The van der Waals surface area contributed by atoms with Gasteiger partial charge in [0, 0.05) is 25.6 Å². The van der Waals surface area contributed by atoms with Crippen molar-refractivity contribution in [2.75, 3.05) is 6.54 Å². The molecule has 0 heterocycles. The van der Waals surface area contributed by atoms with Gasteiger partial charge in [-0.05, 0) is 17.2 Å². The van der Waals surface area contributed by atoms with Crippen molar-refractivity contribution in [2.24, 2.45) is 0 Å². The van der Waals surface area contributed by atoms with E-state index in [1.54, 1.807) is 6.07 Å². The van der Waals surface area contributed by atoms with E-state index in [0.717, 1.165) is 11.1 Å². The molecule has 31 heavy (non-hydrogen) atoms. The Labute approximate surface area is 180 Å². The maximum absolute atomic E-state index is 12.7. The minimum absolute atomic E-state index is 0.0322. The molecule has 3 aromatic carbocycles. The quantitative estimate of drug-likeness (QED) is 0.277. The number of benzene rings is 3. The molecule has 7 heteroatoms. The first-order valence-corrected chi connectivity index (χ1v) is 9.81. The van der Waals surface area contributed by atoms with E-state index in [1.165, 1.54) is 23.1 Å². The molecule has 0 aliphatic heterocycles. The largest absolute Gasteiger partial charge is 0.445 e. The summed E-state index contributed by atoms with van der Waals surface area (Å²) in [5.41, 5.74) is 1.53. The van der Waals surface area contributed by atoms with Gasteiger partial charge < -0.3 is 9.64 Å². The first-order chi connectivity index (χ1) is 15.0. The Balaban J connectivity index is 1.69. The summed E-state index contributed by atoms with van der Waals surface area (Å²) in [4.78, 5) is 37.4. The van der Waals surface area contributed by atoms with Crippen molar-refractivity contribution >= 4 is 17.6 Å². The molecule has 0 aliphatic rings. The third-order valence-corrected chi connectivity index (χ3v) is 4.69. The number of para-hydroxylation sites is 1. The Morgan fingerprint density at radius 2 is 1.42 bits per heavy atom. The molecular weight excluding hydrogens is 396 g/mol. The molecule has 0 saturated carbocycles. The number of carbonyl (C=O) groups excluding carboxylic acids is 2. The summed E-state index contributed by atoms with van der Waals surface area (Å²) in [6.07, 6.45) is -0.610. The van der Waals surface area contributed by atoms with Crippen LogP contribution in [0.5, 0.6) is 0 Å². The van der Waals surface area contributed by atoms with E-state index in [2.05, 4.69) is 0 Å². The van der Waals surface area contributed by atoms with Crippen molar-refractivity contribution in [1.29, 1.82) is 0 Å². The van der Waals surface area contributed by atoms with E-state index in [9.17, 15) is 19.7 Å². The lowest BCUT2D eigenvalue weighted by Crippen LogP contribution is -2.33. The molecule has 0 radical (unpaired) electrons. The fourth-order valence-electron chi connectivity index (χ4n) is 3.09. The first kappa shape index (κ1) is 21.7. The highest BCUT2D eigenvalue weighted by Gasteiger charge is 2.22. The Morgan fingerprint density at radius 1 is 0.839 bits per heavy atom. The van der Waals surface area contributed by atoms with Gasteiger partial charge in [0.25, 0.3) is 5.69 Å². The van der Waals surface area contributed by atoms with Crippen LogP contribution in [0.15, 0.2) is 84.9 Å². The van der Waals surface area contributed by atoms with Crippen molar-refractivity contribution in [3.8, 4) is 0 Å². The number of ether oxygens (including phenoxy) is 1. The fraction of sp³-hybridized carbons (Fsp3) is 0.167. The van der Waals surface area contributed by atoms with Gasteiger partial charge in [-0.1, -0.05) is 72.8 Å². The molecule has 0 N–H and O–H groups in total. The molecule has 0 saturated heterocycles. The van der Waals surface area contributed by atoms with Gasteiger partial charge in [-0.2, -0.15) is 0 Å². The first-order valence-electron chi connectivity index (χ1n) is 9.81. The summed E-state index contributed by atoms with van der Waals surface area (Å²) >= 11 is 0. The number of nitro benzene ring substituents is 1. The SMILES string of the molecule is O=C(CCN(Cc1ccccc1)C(=O)OCc1ccccc1)c1ccccc1[N+](=O)[O-]. The number of carbonyl (C=O) groups is 2. The van der Waals surface area contributed by atoms with E-state index in [4.69, 9.17) is 4.74 Å². The average molecular weight is 418 g/mol. The predicted octanol–water partition coefficient (Wildman–Crippen LogP) is 5.01. The Kier molecular flexibility index (Phi) is 7.48. The molecule has 7 nitrogen and oxygen atoms in total. The predicted molar refractivity (Wildman–Crippen MR) is 116 cm³/mol.